The van der Waals surface area contributed by atoms with Gasteiger partial charge in [0, 0.05) is 23.0 Å². The molecule has 0 heterocycles. The number of benzene rings is 1. The molecular formula is C15H22ClNP2. The summed E-state index contributed by atoms with van der Waals surface area (Å²) in [6.45, 7) is 13.3. The predicted molar refractivity (Wildman–Crippen MR) is 94.4 cm³/mol. The zero-order valence-electron chi connectivity index (χ0n) is 11.6. The molecule has 0 fully saturated rings. The SMILES string of the molecule is C=C(C)N(CCC(C)(P)P)C(=C)c1ccc(Cl)cc1. The van der Waals surface area contributed by atoms with Gasteiger partial charge in [-0.05, 0) is 35.9 Å². The lowest BCUT2D eigenvalue weighted by Gasteiger charge is -2.30. The molecule has 0 spiro atoms. The average molecular weight is 314 g/mol. The minimum absolute atomic E-state index is 0.133. The van der Waals surface area contributed by atoms with Gasteiger partial charge < -0.3 is 4.90 Å². The third-order valence-corrected chi connectivity index (χ3v) is 3.67. The van der Waals surface area contributed by atoms with Crippen molar-refractivity contribution in [2.75, 3.05) is 6.54 Å². The molecule has 0 bridgehead atoms. The standard InChI is InChI=1S/C15H22ClNP2/c1-11(2)17(10-9-15(4,18)19)12(3)13-5-7-14(16)8-6-13/h5-8H,1,3,9-10,18-19H2,2,4H3. The number of rotatable bonds is 6. The first-order valence-corrected chi connectivity index (χ1v) is 7.69. The van der Waals surface area contributed by atoms with Crippen molar-refractivity contribution in [3.05, 3.63) is 53.7 Å². The molecular weight excluding hydrogens is 292 g/mol. The van der Waals surface area contributed by atoms with Crippen molar-refractivity contribution in [2.45, 2.75) is 25.2 Å². The normalized spacial score (nSPS) is 11.2. The number of nitrogens with zero attached hydrogens (tertiary/aromatic N) is 1. The van der Waals surface area contributed by atoms with Gasteiger partial charge in [0.05, 0.1) is 0 Å². The van der Waals surface area contributed by atoms with Crippen LogP contribution in [0.15, 0.2) is 43.1 Å². The van der Waals surface area contributed by atoms with Gasteiger partial charge in [0.1, 0.15) is 0 Å². The first kappa shape index (κ1) is 16.7. The summed E-state index contributed by atoms with van der Waals surface area (Å²) in [5.41, 5.74) is 3.03. The van der Waals surface area contributed by atoms with Crippen molar-refractivity contribution in [3.8, 4) is 0 Å². The van der Waals surface area contributed by atoms with Crippen molar-refractivity contribution in [3.63, 3.8) is 0 Å². The molecule has 0 N–H and O–H groups in total. The fourth-order valence-corrected chi connectivity index (χ4v) is 2.09. The van der Waals surface area contributed by atoms with Gasteiger partial charge in [-0.15, -0.1) is 18.5 Å². The molecule has 1 nitrogen and oxygen atoms in total. The van der Waals surface area contributed by atoms with Crippen LogP contribution in [0.3, 0.4) is 0 Å². The van der Waals surface area contributed by atoms with Crippen LogP contribution in [0.5, 0.6) is 0 Å². The maximum absolute atomic E-state index is 5.91. The summed E-state index contributed by atoms with van der Waals surface area (Å²) in [7, 11) is 5.68. The Balaban J connectivity index is 2.84. The van der Waals surface area contributed by atoms with E-state index in [4.69, 9.17) is 11.6 Å². The Morgan fingerprint density at radius 1 is 1.26 bits per heavy atom. The fraction of sp³-hybridized carbons (Fsp3) is 0.333. The molecule has 0 aliphatic carbocycles. The highest BCUT2D eigenvalue weighted by atomic mass is 35.5. The van der Waals surface area contributed by atoms with Crippen molar-refractivity contribution in [2.24, 2.45) is 0 Å². The summed E-state index contributed by atoms with van der Waals surface area (Å²) in [6.07, 6.45) is 1.02. The van der Waals surface area contributed by atoms with Crippen LogP contribution >= 0.6 is 30.1 Å². The van der Waals surface area contributed by atoms with Gasteiger partial charge >= 0.3 is 0 Å². The summed E-state index contributed by atoms with van der Waals surface area (Å²) < 4.78 is 0. The third-order valence-electron chi connectivity index (χ3n) is 2.84. The molecule has 0 saturated carbocycles. The topological polar surface area (TPSA) is 3.24 Å². The van der Waals surface area contributed by atoms with Crippen LogP contribution in [-0.4, -0.2) is 16.3 Å². The molecule has 0 radical (unpaired) electrons. The van der Waals surface area contributed by atoms with Crippen LogP contribution in [0.4, 0.5) is 0 Å². The van der Waals surface area contributed by atoms with Gasteiger partial charge in [-0.3, -0.25) is 0 Å². The molecule has 1 aromatic carbocycles. The van der Waals surface area contributed by atoms with Crippen molar-refractivity contribution < 1.29 is 0 Å². The summed E-state index contributed by atoms with van der Waals surface area (Å²) in [5, 5.41) is 0.737. The van der Waals surface area contributed by atoms with E-state index < -0.39 is 0 Å². The van der Waals surface area contributed by atoms with Crippen molar-refractivity contribution in [1.82, 2.24) is 4.90 Å². The number of hydrogen-bond acceptors (Lipinski definition) is 1. The second-order valence-electron chi connectivity index (χ2n) is 5.10. The molecule has 0 aliphatic heterocycles. The Hall–Kier alpha value is -0.350. The van der Waals surface area contributed by atoms with E-state index in [0.29, 0.717) is 0 Å². The molecule has 0 aromatic heterocycles. The Bertz CT molecular complexity index is 460. The Labute approximate surface area is 126 Å². The quantitative estimate of drug-likeness (QED) is 0.668. The van der Waals surface area contributed by atoms with E-state index in [2.05, 4.69) is 43.5 Å². The van der Waals surface area contributed by atoms with Crippen LogP contribution in [-0.2, 0) is 0 Å². The predicted octanol–water partition coefficient (Wildman–Crippen LogP) is 5.00. The van der Waals surface area contributed by atoms with E-state index in [0.717, 1.165) is 34.9 Å². The molecule has 2 atom stereocenters. The molecule has 2 unspecified atom stereocenters. The molecule has 0 saturated heterocycles. The lowest BCUT2D eigenvalue weighted by atomic mass is 10.1. The smallest absolute Gasteiger partial charge is 0.0408 e. The lowest BCUT2D eigenvalue weighted by Crippen LogP contribution is -2.24. The largest absolute Gasteiger partial charge is 0.346 e. The van der Waals surface area contributed by atoms with E-state index in [1.807, 2.05) is 31.2 Å². The fourth-order valence-electron chi connectivity index (χ4n) is 1.71. The zero-order chi connectivity index (χ0) is 14.6. The molecule has 0 amide bonds. The maximum Gasteiger partial charge on any atom is 0.0408 e. The van der Waals surface area contributed by atoms with Gasteiger partial charge in [0.25, 0.3) is 0 Å². The molecule has 19 heavy (non-hydrogen) atoms. The molecule has 1 aromatic rings. The van der Waals surface area contributed by atoms with Gasteiger partial charge in [-0.25, -0.2) is 0 Å². The summed E-state index contributed by atoms with van der Waals surface area (Å²) in [5.74, 6) is 0. The highest BCUT2D eigenvalue weighted by Crippen LogP contribution is 2.32. The highest BCUT2D eigenvalue weighted by molar-refractivity contribution is 7.39. The Morgan fingerprint density at radius 2 is 1.79 bits per heavy atom. The number of halogens is 1. The lowest BCUT2D eigenvalue weighted by molar-refractivity contribution is 0.469. The Kier molecular flexibility index (Phi) is 6.06. The summed E-state index contributed by atoms with van der Waals surface area (Å²) in [6, 6.07) is 7.74. The first-order chi connectivity index (χ1) is 8.70. The summed E-state index contributed by atoms with van der Waals surface area (Å²) in [4.78, 5) is 2.28. The van der Waals surface area contributed by atoms with Crippen LogP contribution in [0.1, 0.15) is 25.8 Å². The van der Waals surface area contributed by atoms with Crippen molar-refractivity contribution in [1.29, 1.82) is 0 Å². The first-order valence-electron chi connectivity index (χ1n) is 6.16. The molecule has 0 aliphatic rings. The minimum Gasteiger partial charge on any atom is -0.346 e. The van der Waals surface area contributed by atoms with Crippen LogP contribution in [0.2, 0.25) is 5.02 Å². The van der Waals surface area contributed by atoms with E-state index in [1.54, 1.807) is 0 Å². The van der Waals surface area contributed by atoms with Crippen LogP contribution in [0, 0.1) is 0 Å². The van der Waals surface area contributed by atoms with E-state index in [9.17, 15) is 0 Å². The number of allylic oxidation sites excluding steroid dienone is 1. The zero-order valence-corrected chi connectivity index (χ0v) is 14.7. The molecule has 4 heteroatoms. The maximum atomic E-state index is 5.91. The van der Waals surface area contributed by atoms with Gasteiger partial charge in [-0.1, -0.05) is 43.8 Å². The van der Waals surface area contributed by atoms with E-state index in [-0.39, 0.29) is 4.90 Å². The summed E-state index contributed by atoms with van der Waals surface area (Å²) >= 11 is 5.91. The van der Waals surface area contributed by atoms with Crippen LogP contribution < -0.4 is 0 Å². The molecule has 104 valence electrons. The van der Waals surface area contributed by atoms with E-state index >= 15 is 0 Å². The average Bonchev–Trinajstić information content (AvgIpc) is 2.27. The minimum atomic E-state index is 0.133. The second kappa shape index (κ2) is 6.89. The Morgan fingerprint density at radius 3 is 2.21 bits per heavy atom. The van der Waals surface area contributed by atoms with Crippen molar-refractivity contribution >= 4 is 35.8 Å². The van der Waals surface area contributed by atoms with Crippen LogP contribution in [0.25, 0.3) is 5.70 Å². The van der Waals surface area contributed by atoms with Gasteiger partial charge in [-0.2, -0.15) is 0 Å². The van der Waals surface area contributed by atoms with Gasteiger partial charge in [0.2, 0.25) is 0 Å². The van der Waals surface area contributed by atoms with Gasteiger partial charge in [0.15, 0.2) is 0 Å². The monoisotopic (exact) mass is 313 g/mol. The second-order valence-corrected chi connectivity index (χ2v) is 8.84. The third kappa shape index (κ3) is 5.65. The highest BCUT2D eigenvalue weighted by Gasteiger charge is 2.16. The number of hydrogen-bond donors (Lipinski definition) is 0. The molecule has 1 rings (SSSR count). The van der Waals surface area contributed by atoms with E-state index in [1.165, 1.54) is 0 Å².